The van der Waals surface area contributed by atoms with Crippen LogP contribution in [-0.4, -0.2) is 15.9 Å². The molecule has 25 heavy (non-hydrogen) atoms. The van der Waals surface area contributed by atoms with Crippen LogP contribution in [0.1, 0.15) is 16.2 Å². The zero-order valence-corrected chi connectivity index (χ0v) is 13.6. The Balaban J connectivity index is 1.61. The number of hydrogen-bond acceptors (Lipinski definition) is 4. The summed E-state index contributed by atoms with van der Waals surface area (Å²) in [6, 6.07) is 20.9. The fourth-order valence-corrected chi connectivity index (χ4v) is 2.62. The smallest absolute Gasteiger partial charge is 0.279 e. The maximum atomic E-state index is 12.5. The fraction of sp³-hybridized carbons (Fsp3) is 0.0500. The predicted octanol–water partition coefficient (Wildman–Crippen LogP) is 4.45. The number of oxazole rings is 1. The average Bonchev–Trinajstić information content (AvgIpc) is 3.04. The average molecular weight is 329 g/mol. The van der Waals surface area contributed by atoms with E-state index in [0.29, 0.717) is 17.5 Å². The topological polar surface area (TPSA) is 68.0 Å². The van der Waals surface area contributed by atoms with Gasteiger partial charge in [0.1, 0.15) is 11.6 Å². The number of nitrogens with zero attached hydrogens (tertiary/aromatic N) is 2. The van der Waals surface area contributed by atoms with Crippen molar-refractivity contribution in [2.75, 3.05) is 5.32 Å². The molecule has 122 valence electrons. The van der Waals surface area contributed by atoms with Crippen LogP contribution in [0, 0.1) is 6.92 Å². The monoisotopic (exact) mass is 329 g/mol. The van der Waals surface area contributed by atoms with E-state index in [2.05, 4.69) is 15.3 Å². The molecule has 0 aliphatic heterocycles. The van der Waals surface area contributed by atoms with Gasteiger partial charge < -0.3 is 9.73 Å². The first-order chi connectivity index (χ1) is 12.2. The summed E-state index contributed by atoms with van der Waals surface area (Å²) in [7, 11) is 0. The molecular formula is C20H15N3O2. The Morgan fingerprint density at radius 2 is 1.68 bits per heavy atom. The Hall–Kier alpha value is -3.47. The number of anilines is 1. The molecule has 4 aromatic rings. The summed E-state index contributed by atoms with van der Waals surface area (Å²) in [6.07, 6.45) is 0. The van der Waals surface area contributed by atoms with E-state index in [4.69, 9.17) is 4.42 Å². The summed E-state index contributed by atoms with van der Waals surface area (Å²) in [5.41, 5.74) is 1.91. The SMILES string of the molecule is Cc1oc(-c2ccccc2)nc1C(=O)Nc1ccc2ccccc2n1. The molecule has 0 bridgehead atoms. The summed E-state index contributed by atoms with van der Waals surface area (Å²) in [5.74, 6) is 1.03. The maximum absolute atomic E-state index is 12.5. The van der Waals surface area contributed by atoms with Crippen LogP contribution in [-0.2, 0) is 0 Å². The van der Waals surface area contributed by atoms with Gasteiger partial charge in [-0.25, -0.2) is 9.97 Å². The fourth-order valence-electron chi connectivity index (χ4n) is 2.62. The van der Waals surface area contributed by atoms with Crippen molar-refractivity contribution in [1.29, 1.82) is 0 Å². The van der Waals surface area contributed by atoms with Gasteiger partial charge in [0.2, 0.25) is 5.89 Å². The lowest BCUT2D eigenvalue weighted by Gasteiger charge is -2.04. The van der Waals surface area contributed by atoms with E-state index in [1.807, 2.05) is 60.7 Å². The number of aromatic nitrogens is 2. The van der Waals surface area contributed by atoms with Gasteiger partial charge in [0.15, 0.2) is 5.69 Å². The number of benzene rings is 2. The van der Waals surface area contributed by atoms with E-state index >= 15 is 0 Å². The van der Waals surface area contributed by atoms with Crippen LogP contribution < -0.4 is 5.32 Å². The lowest BCUT2D eigenvalue weighted by molar-refractivity contribution is 0.102. The van der Waals surface area contributed by atoms with Gasteiger partial charge in [0, 0.05) is 10.9 Å². The highest BCUT2D eigenvalue weighted by atomic mass is 16.4. The second kappa shape index (κ2) is 6.20. The lowest BCUT2D eigenvalue weighted by Crippen LogP contribution is -2.14. The van der Waals surface area contributed by atoms with Crippen molar-refractivity contribution in [1.82, 2.24) is 9.97 Å². The lowest BCUT2D eigenvalue weighted by atomic mass is 10.2. The van der Waals surface area contributed by atoms with E-state index in [1.165, 1.54) is 0 Å². The number of rotatable bonds is 3. The Morgan fingerprint density at radius 3 is 2.52 bits per heavy atom. The Kier molecular flexibility index (Phi) is 3.74. The number of hydrogen-bond donors (Lipinski definition) is 1. The third kappa shape index (κ3) is 2.99. The quantitative estimate of drug-likeness (QED) is 0.603. The number of fused-ring (bicyclic) bond motifs is 1. The van der Waals surface area contributed by atoms with Crippen LogP contribution in [0.4, 0.5) is 5.82 Å². The second-order valence-corrected chi connectivity index (χ2v) is 5.63. The third-order valence-corrected chi connectivity index (χ3v) is 3.87. The number of carbonyl (C=O) groups is 1. The molecule has 4 rings (SSSR count). The van der Waals surface area contributed by atoms with Gasteiger partial charge in [-0.1, -0.05) is 36.4 Å². The van der Waals surface area contributed by atoms with Crippen molar-refractivity contribution >= 4 is 22.6 Å². The van der Waals surface area contributed by atoms with E-state index in [0.717, 1.165) is 16.5 Å². The number of amides is 1. The van der Waals surface area contributed by atoms with Crippen LogP contribution in [0.15, 0.2) is 71.1 Å². The first-order valence-electron chi connectivity index (χ1n) is 7.91. The normalized spacial score (nSPS) is 10.8. The van der Waals surface area contributed by atoms with Gasteiger partial charge >= 0.3 is 0 Å². The minimum absolute atomic E-state index is 0.258. The molecule has 2 aromatic carbocycles. The first-order valence-corrected chi connectivity index (χ1v) is 7.91. The van der Waals surface area contributed by atoms with Crippen LogP contribution in [0.5, 0.6) is 0 Å². The van der Waals surface area contributed by atoms with Gasteiger partial charge in [0.25, 0.3) is 5.91 Å². The van der Waals surface area contributed by atoms with Crippen molar-refractivity contribution in [2.45, 2.75) is 6.92 Å². The van der Waals surface area contributed by atoms with Crippen molar-refractivity contribution in [3.63, 3.8) is 0 Å². The molecule has 0 unspecified atom stereocenters. The summed E-state index contributed by atoms with van der Waals surface area (Å²) < 4.78 is 5.64. The van der Waals surface area contributed by atoms with E-state index < -0.39 is 0 Å². The number of pyridine rings is 1. The van der Waals surface area contributed by atoms with Gasteiger partial charge in [-0.15, -0.1) is 0 Å². The van der Waals surface area contributed by atoms with E-state index in [9.17, 15) is 4.79 Å². The Morgan fingerprint density at radius 1 is 0.920 bits per heavy atom. The molecule has 0 fully saturated rings. The summed E-state index contributed by atoms with van der Waals surface area (Å²) in [5, 5.41) is 3.80. The highest BCUT2D eigenvalue weighted by Gasteiger charge is 2.18. The largest absolute Gasteiger partial charge is 0.441 e. The second-order valence-electron chi connectivity index (χ2n) is 5.63. The summed E-state index contributed by atoms with van der Waals surface area (Å²) >= 11 is 0. The first kappa shape index (κ1) is 15.1. The summed E-state index contributed by atoms with van der Waals surface area (Å²) in [6.45, 7) is 1.72. The molecule has 5 nitrogen and oxygen atoms in total. The molecule has 1 N–H and O–H groups in total. The Labute approximate surface area is 144 Å². The number of aryl methyl sites for hydroxylation is 1. The number of nitrogens with one attached hydrogen (secondary N) is 1. The molecule has 2 heterocycles. The maximum Gasteiger partial charge on any atom is 0.279 e. The molecule has 0 saturated carbocycles. The van der Waals surface area contributed by atoms with Crippen LogP contribution in [0.25, 0.3) is 22.4 Å². The van der Waals surface area contributed by atoms with Crippen LogP contribution >= 0.6 is 0 Å². The molecule has 0 saturated heterocycles. The molecule has 5 heteroatoms. The van der Waals surface area contributed by atoms with E-state index in [-0.39, 0.29) is 11.6 Å². The van der Waals surface area contributed by atoms with Gasteiger partial charge in [-0.05, 0) is 37.3 Å². The van der Waals surface area contributed by atoms with Crippen LogP contribution in [0.2, 0.25) is 0 Å². The highest BCUT2D eigenvalue weighted by molar-refractivity contribution is 6.03. The Bertz CT molecular complexity index is 1050. The van der Waals surface area contributed by atoms with Gasteiger partial charge in [-0.3, -0.25) is 4.79 Å². The molecule has 2 aromatic heterocycles. The standard InChI is InChI=1S/C20H15N3O2/c1-13-18(23-20(25-13)15-8-3-2-4-9-15)19(24)22-17-12-11-14-7-5-6-10-16(14)21-17/h2-12H,1H3,(H,21,22,24). The minimum atomic E-state index is -0.341. The number of para-hydroxylation sites is 1. The predicted molar refractivity (Wildman–Crippen MR) is 96.4 cm³/mol. The van der Waals surface area contributed by atoms with Crippen molar-refractivity contribution in [2.24, 2.45) is 0 Å². The van der Waals surface area contributed by atoms with Crippen LogP contribution in [0.3, 0.4) is 0 Å². The van der Waals surface area contributed by atoms with Crippen molar-refractivity contribution < 1.29 is 9.21 Å². The molecule has 0 radical (unpaired) electrons. The van der Waals surface area contributed by atoms with E-state index in [1.54, 1.807) is 13.0 Å². The molecule has 0 aliphatic rings. The zero-order chi connectivity index (χ0) is 17.2. The third-order valence-electron chi connectivity index (χ3n) is 3.87. The zero-order valence-electron chi connectivity index (χ0n) is 13.6. The minimum Gasteiger partial charge on any atom is -0.441 e. The van der Waals surface area contributed by atoms with Gasteiger partial charge in [0.05, 0.1) is 5.52 Å². The van der Waals surface area contributed by atoms with Gasteiger partial charge in [-0.2, -0.15) is 0 Å². The molecule has 0 spiro atoms. The van der Waals surface area contributed by atoms with Crippen molar-refractivity contribution in [3.8, 4) is 11.5 Å². The molecule has 0 aliphatic carbocycles. The number of carbonyl (C=O) groups excluding carboxylic acids is 1. The highest BCUT2D eigenvalue weighted by Crippen LogP contribution is 2.22. The molecule has 0 atom stereocenters. The van der Waals surface area contributed by atoms with Crippen molar-refractivity contribution in [3.05, 3.63) is 78.2 Å². The molecule has 1 amide bonds. The summed E-state index contributed by atoms with van der Waals surface area (Å²) in [4.78, 5) is 21.3. The molecular weight excluding hydrogens is 314 g/mol.